The van der Waals surface area contributed by atoms with Gasteiger partial charge in [-0.25, -0.2) is 9.97 Å². The van der Waals surface area contributed by atoms with Crippen LogP contribution in [-0.4, -0.2) is 21.5 Å². The molecule has 0 radical (unpaired) electrons. The highest BCUT2D eigenvalue weighted by molar-refractivity contribution is 15.0. The number of hydrogen-bond donors (Lipinski definition) is 0. The quantitative estimate of drug-likeness (QED) is 0.116. The third kappa shape index (κ3) is 9.25. The molecule has 0 saturated heterocycles. The summed E-state index contributed by atoms with van der Waals surface area (Å²) in [5, 5.41) is 0.909. The van der Waals surface area contributed by atoms with E-state index >= 15 is 0 Å². The van der Waals surface area contributed by atoms with E-state index in [4.69, 9.17) is 23.2 Å². The summed E-state index contributed by atoms with van der Waals surface area (Å²) in [5.41, 5.74) is 2.07. The molecule has 0 bridgehead atoms. The SMILES string of the molecule is II.O=C(c1ccc(Br)nc1)c1ccccc1Cl.O=C(c1ccccc1Cl)c1cnc(Br)cc1I. The van der Waals surface area contributed by atoms with Gasteiger partial charge in [-0.2, -0.15) is 0 Å². The Morgan fingerprint density at radius 1 is 0.686 bits per heavy atom. The maximum absolute atomic E-state index is 12.3. The molecule has 0 saturated carbocycles. The lowest BCUT2D eigenvalue weighted by atomic mass is 10.1. The highest BCUT2D eigenvalue weighted by atomic mass is 128. The fraction of sp³-hybridized carbons (Fsp3) is 0. The van der Waals surface area contributed by atoms with Crippen molar-refractivity contribution < 1.29 is 9.59 Å². The van der Waals surface area contributed by atoms with Crippen LogP contribution in [0.1, 0.15) is 31.8 Å². The van der Waals surface area contributed by atoms with Gasteiger partial charge in [-0.05, 0) is 96.9 Å². The fourth-order valence-electron chi connectivity index (χ4n) is 2.68. The van der Waals surface area contributed by atoms with Crippen molar-refractivity contribution in [1.82, 2.24) is 9.97 Å². The van der Waals surface area contributed by atoms with Gasteiger partial charge in [-0.15, -0.1) is 0 Å². The van der Waals surface area contributed by atoms with E-state index in [0.29, 0.717) is 41.5 Å². The maximum Gasteiger partial charge on any atom is 0.197 e. The van der Waals surface area contributed by atoms with Gasteiger partial charge in [-0.1, -0.05) is 47.5 Å². The lowest BCUT2D eigenvalue weighted by Gasteiger charge is -2.05. The first-order chi connectivity index (χ1) is 16.8. The van der Waals surface area contributed by atoms with E-state index in [1.165, 1.54) is 6.20 Å². The number of nitrogens with zero attached hydrogens (tertiary/aromatic N) is 2. The van der Waals surface area contributed by atoms with Gasteiger partial charge in [0, 0.05) is 69.9 Å². The van der Waals surface area contributed by atoms with Gasteiger partial charge in [0.2, 0.25) is 0 Å². The van der Waals surface area contributed by atoms with Crippen LogP contribution >= 0.6 is 115 Å². The Labute approximate surface area is 266 Å². The highest BCUT2D eigenvalue weighted by Crippen LogP contribution is 2.23. The van der Waals surface area contributed by atoms with E-state index in [9.17, 15) is 9.59 Å². The molecular formula is C24H13Br2Cl2I3N2O2. The molecule has 0 aliphatic rings. The Kier molecular flexibility index (Phi) is 14.1. The van der Waals surface area contributed by atoms with E-state index in [0.717, 1.165) is 3.57 Å². The number of carbonyl (C=O) groups is 2. The van der Waals surface area contributed by atoms with Gasteiger partial charge < -0.3 is 0 Å². The molecule has 11 heteroatoms. The largest absolute Gasteiger partial charge is 0.288 e. The summed E-state index contributed by atoms with van der Waals surface area (Å²) in [7, 11) is 0. The van der Waals surface area contributed by atoms with E-state index in [1.54, 1.807) is 72.9 Å². The number of carbonyl (C=O) groups excluding carboxylic acids is 2. The maximum atomic E-state index is 12.3. The molecular weight excluding hydrogens is 960 g/mol. The van der Waals surface area contributed by atoms with Crippen LogP contribution < -0.4 is 0 Å². The van der Waals surface area contributed by atoms with Crippen molar-refractivity contribution in [2.45, 2.75) is 0 Å². The van der Waals surface area contributed by atoms with E-state index < -0.39 is 0 Å². The average Bonchev–Trinajstić information content (AvgIpc) is 2.86. The van der Waals surface area contributed by atoms with Crippen molar-refractivity contribution in [3.05, 3.63) is 124 Å². The minimum absolute atomic E-state index is 0.111. The minimum atomic E-state index is -0.120. The predicted molar refractivity (Wildman–Crippen MR) is 174 cm³/mol. The van der Waals surface area contributed by atoms with Crippen molar-refractivity contribution in [3.8, 4) is 0 Å². The average molecular weight is 973 g/mol. The molecule has 180 valence electrons. The topological polar surface area (TPSA) is 59.9 Å². The van der Waals surface area contributed by atoms with Crippen LogP contribution in [0.2, 0.25) is 10.0 Å². The Bertz CT molecular complexity index is 1330. The molecule has 35 heavy (non-hydrogen) atoms. The first-order valence-corrected chi connectivity index (χ1v) is 19.1. The summed E-state index contributed by atoms with van der Waals surface area (Å²) in [6.45, 7) is 0. The summed E-state index contributed by atoms with van der Waals surface area (Å²) in [6, 6.07) is 19.2. The van der Waals surface area contributed by atoms with Crippen LogP contribution in [0.3, 0.4) is 0 Å². The van der Waals surface area contributed by atoms with Crippen molar-refractivity contribution in [3.63, 3.8) is 0 Å². The Hall–Kier alpha value is -0.190. The summed E-state index contributed by atoms with van der Waals surface area (Å²) in [4.78, 5) is 32.4. The van der Waals surface area contributed by atoms with E-state index in [-0.39, 0.29) is 11.6 Å². The summed E-state index contributed by atoms with van der Waals surface area (Å²) in [5.74, 6) is -0.231. The van der Waals surface area contributed by atoms with Gasteiger partial charge in [0.25, 0.3) is 0 Å². The number of ketones is 2. The first-order valence-electron chi connectivity index (χ1n) is 9.43. The molecule has 0 unspecified atom stereocenters. The first kappa shape index (κ1) is 31.0. The molecule has 0 N–H and O–H groups in total. The van der Waals surface area contributed by atoms with E-state index in [1.807, 2.05) is 0 Å². The van der Waals surface area contributed by atoms with Crippen LogP contribution in [0.5, 0.6) is 0 Å². The summed E-state index contributed by atoms with van der Waals surface area (Å²) in [6.07, 6.45) is 3.08. The van der Waals surface area contributed by atoms with Crippen LogP contribution in [0.4, 0.5) is 0 Å². The van der Waals surface area contributed by atoms with Crippen molar-refractivity contribution in [2.24, 2.45) is 0 Å². The zero-order chi connectivity index (χ0) is 26.0. The molecule has 4 nitrogen and oxygen atoms in total. The smallest absolute Gasteiger partial charge is 0.197 e. The second-order valence-corrected chi connectivity index (χ2v) is 10.1. The van der Waals surface area contributed by atoms with Gasteiger partial charge >= 0.3 is 0 Å². The monoisotopic (exact) mass is 970 g/mol. The zero-order valence-electron chi connectivity index (χ0n) is 17.4. The number of benzene rings is 2. The molecule has 0 atom stereocenters. The molecule has 2 aromatic heterocycles. The number of hydrogen-bond acceptors (Lipinski definition) is 4. The molecule has 0 aliphatic carbocycles. The van der Waals surface area contributed by atoms with Crippen LogP contribution in [0.25, 0.3) is 0 Å². The molecule has 2 aromatic carbocycles. The Morgan fingerprint density at radius 2 is 1.20 bits per heavy atom. The lowest BCUT2D eigenvalue weighted by Crippen LogP contribution is -2.05. The Morgan fingerprint density at radius 3 is 1.69 bits per heavy atom. The van der Waals surface area contributed by atoms with E-state index in [2.05, 4.69) is 102 Å². The second kappa shape index (κ2) is 15.9. The molecule has 4 rings (SSSR count). The van der Waals surface area contributed by atoms with Crippen LogP contribution in [0.15, 0.2) is 88.3 Å². The number of rotatable bonds is 4. The Balaban J connectivity index is 0.000000231. The zero-order valence-corrected chi connectivity index (χ0v) is 28.5. The fourth-order valence-corrected chi connectivity index (χ4v) is 4.79. The van der Waals surface area contributed by atoms with Crippen molar-refractivity contribution >= 4 is 126 Å². The molecule has 0 spiro atoms. The number of pyridine rings is 2. The van der Waals surface area contributed by atoms with Crippen molar-refractivity contribution in [1.29, 1.82) is 0 Å². The lowest BCUT2D eigenvalue weighted by molar-refractivity contribution is 0.103. The van der Waals surface area contributed by atoms with Gasteiger partial charge in [0.1, 0.15) is 9.21 Å². The molecule has 0 aliphatic heterocycles. The third-order valence-electron chi connectivity index (χ3n) is 4.29. The third-order valence-corrected chi connectivity index (χ3v) is 6.75. The predicted octanol–water partition coefficient (Wildman–Crippen LogP) is 9.83. The van der Waals surface area contributed by atoms with Gasteiger partial charge in [0.05, 0.1) is 15.6 Å². The number of halogens is 7. The van der Waals surface area contributed by atoms with Gasteiger partial charge in [0.15, 0.2) is 11.6 Å². The van der Waals surface area contributed by atoms with Crippen LogP contribution in [0, 0.1) is 3.57 Å². The standard InChI is InChI=1S/C12H6BrClINO.C12H7BrClNO.I2/c13-11-5-10(15)8(6-16-11)12(17)7-3-1-2-4-9(7)14;13-11-6-5-8(7-15-11)12(16)9-3-1-2-4-10(9)14;1-2/h1-6H;1-7H;. The summed E-state index contributed by atoms with van der Waals surface area (Å²) >= 11 is 24.8. The number of aromatic nitrogens is 2. The molecule has 4 aromatic rings. The molecule has 2 heterocycles. The van der Waals surface area contributed by atoms with Crippen LogP contribution in [-0.2, 0) is 0 Å². The van der Waals surface area contributed by atoms with Crippen molar-refractivity contribution in [2.75, 3.05) is 0 Å². The molecule has 0 fully saturated rings. The summed E-state index contributed by atoms with van der Waals surface area (Å²) < 4.78 is 2.25. The second-order valence-electron chi connectivity index (χ2n) is 6.47. The minimum Gasteiger partial charge on any atom is -0.288 e. The molecule has 0 amide bonds. The highest BCUT2D eigenvalue weighted by Gasteiger charge is 2.16. The van der Waals surface area contributed by atoms with Gasteiger partial charge in [-0.3, -0.25) is 9.59 Å². The normalized spacial score (nSPS) is 9.80.